The number of aromatic amines is 2. The summed E-state index contributed by atoms with van der Waals surface area (Å²) in [6, 6.07) is 1.71. The largest absolute Gasteiger partial charge is 0.369 e. The first kappa shape index (κ1) is 15.3. The molecule has 0 aliphatic carbocycles. The lowest BCUT2D eigenvalue weighted by molar-refractivity contribution is 0.0965. The highest BCUT2D eigenvalue weighted by Crippen LogP contribution is 2.10. The van der Waals surface area contributed by atoms with E-state index >= 15 is 0 Å². The average Bonchev–Trinajstić information content (AvgIpc) is 2.93. The lowest BCUT2D eigenvalue weighted by Crippen LogP contribution is -2.17. The number of nitrogens with one attached hydrogen (secondary N) is 3. The summed E-state index contributed by atoms with van der Waals surface area (Å²) in [7, 11) is 0. The van der Waals surface area contributed by atoms with Crippen molar-refractivity contribution in [3.63, 3.8) is 0 Å². The van der Waals surface area contributed by atoms with E-state index in [4.69, 9.17) is 5.73 Å². The number of H-pyrrole nitrogens is 2. The van der Waals surface area contributed by atoms with E-state index in [0.717, 1.165) is 10.2 Å². The molecular weight excluding hydrogens is 334 g/mol. The average molecular weight is 347 g/mol. The Bertz CT molecular complexity index is 577. The van der Waals surface area contributed by atoms with Crippen LogP contribution in [-0.2, 0) is 6.42 Å². The van der Waals surface area contributed by atoms with Gasteiger partial charge < -0.3 is 21.0 Å². The molecular formula is C11H13BrClN5O. The molecule has 0 bridgehead atoms. The van der Waals surface area contributed by atoms with Crippen LogP contribution in [0.25, 0.3) is 0 Å². The zero-order chi connectivity index (χ0) is 13.0. The Balaban J connectivity index is 0.00000180. The molecule has 5 N–H and O–H groups in total. The second kappa shape index (κ2) is 7.01. The lowest BCUT2D eigenvalue weighted by atomic mass is 10.3. The first-order valence-corrected chi connectivity index (χ1v) is 6.03. The molecule has 1 amide bonds. The highest BCUT2D eigenvalue weighted by molar-refractivity contribution is 9.10. The minimum Gasteiger partial charge on any atom is -0.369 e. The van der Waals surface area contributed by atoms with Gasteiger partial charge in [0.05, 0.1) is 6.20 Å². The summed E-state index contributed by atoms with van der Waals surface area (Å²) in [5.74, 6) is 0.194. The molecule has 0 aliphatic rings. The third-order valence-corrected chi connectivity index (χ3v) is 2.67. The third kappa shape index (κ3) is 4.46. The van der Waals surface area contributed by atoms with Crippen LogP contribution in [0.4, 0.5) is 5.95 Å². The summed E-state index contributed by atoms with van der Waals surface area (Å²) < 4.78 is 0.838. The molecule has 0 saturated carbocycles. The number of carbonyl (C=O) groups is 1. The van der Waals surface area contributed by atoms with Crippen molar-refractivity contribution >= 4 is 40.2 Å². The van der Waals surface area contributed by atoms with Crippen LogP contribution in [0.2, 0.25) is 0 Å². The molecule has 0 aromatic carbocycles. The van der Waals surface area contributed by atoms with E-state index in [0.29, 0.717) is 18.1 Å². The van der Waals surface area contributed by atoms with E-state index in [-0.39, 0.29) is 18.3 Å². The molecule has 2 aromatic heterocycles. The van der Waals surface area contributed by atoms with Gasteiger partial charge in [-0.15, -0.1) is 12.4 Å². The Morgan fingerprint density at radius 3 is 2.95 bits per heavy atom. The zero-order valence-corrected chi connectivity index (χ0v) is 12.2. The van der Waals surface area contributed by atoms with Crippen LogP contribution >= 0.6 is 28.3 Å². The number of hydrogen-bond donors (Lipinski definition) is 4. The molecule has 0 saturated heterocycles. The zero-order valence-electron chi connectivity index (χ0n) is 9.81. The predicted molar refractivity (Wildman–Crippen MR) is 79.1 cm³/mol. The Morgan fingerprint density at radius 2 is 2.37 bits per heavy atom. The minimum absolute atomic E-state index is 0. The molecule has 0 atom stereocenters. The number of amides is 1. The van der Waals surface area contributed by atoms with Crippen molar-refractivity contribution in [3.8, 4) is 0 Å². The quantitative estimate of drug-likeness (QED) is 0.681. The lowest BCUT2D eigenvalue weighted by Gasteiger charge is -1.96. The highest BCUT2D eigenvalue weighted by Gasteiger charge is 2.04. The van der Waals surface area contributed by atoms with Gasteiger partial charge in [0.1, 0.15) is 5.69 Å². The van der Waals surface area contributed by atoms with Gasteiger partial charge in [-0.3, -0.25) is 4.79 Å². The van der Waals surface area contributed by atoms with Crippen molar-refractivity contribution in [1.29, 1.82) is 0 Å². The summed E-state index contributed by atoms with van der Waals surface area (Å²) in [5, 5.41) is 2.65. The SMILES string of the molecule is Cl.Nc1ncc(CC=CNC(=O)c2cc(Br)c[nH]2)[nH]1. The van der Waals surface area contributed by atoms with E-state index in [1.54, 1.807) is 24.7 Å². The number of aromatic nitrogens is 3. The maximum Gasteiger partial charge on any atom is 0.271 e. The van der Waals surface area contributed by atoms with Gasteiger partial charge in [0.2, 0.25) is 0 Å². The van der Waals surface area contributed by atoms with Crippen molar-refractivity contribution in [1.82, 2.24) is 20.3 Å². The number of allylic oxidation sites excluding steroid dienone is 1. The summed E-state index contributed by atoms with van der Waals surface area (Å²) in [6.07, 6.45) is 7.38. The number of nitrogens with two attached hydrogens (primary N) is 1. The second-order valence-electron chi connectivity index (χ2n) is 3.61. The van der Waals surface area contributed by atoms with Gasteiger partial charge in [0, 0.05) is 29.0 Å². The molecule has 2 rings (SSSR count). The summed E-state index contributed by atoms with van der Waals surface area (Å²) in [4.78, 5) is 21.2. The number of halogens is 2. The van der Waals surface area contributed by atoms with Crippen LogP contribution in [0.15, 0.2) is 35.2 Å². The fourth-order valence-corrected chi connectivity index (χ4v) is 1.72. The van der Waals surface area contributed by atoms with Gasteiger partial charge in [-0.2, -0.15) is 0 Å². The molecule has 8 heteroatoms. The van der Waals surface area contributed by atoms with Crippen molar-refractivity contribution in [2.24, 2.45) is 0 Å². The van der Waals surface area contributed by atoms with Crippen molar-refractivity contribution in [2.45, 2.75) is 6.42 Å². The first-order chi connectivity index (χ1) is 8.65. The molecule has 2 aromatic rings. The van der Waals surface area contributed by atoms with Crippen molar-refractivity contribution in [3.05, 3.63) is 46.6 Å². The Hall–Kier alpha value is -1.73. The van der Waals surface area contributed by atoms with Crippen LogP contribution in [-0.4, -0.2) is 20.9 Å². The van der Waals surface area contributed by atoms with Crippen molar-refractivity contribution < 1.29 is 4.79 Å². The van der Waals surface area contributed by atoms with E-state index in [9.17, 15) is 4.79 Å². The standard InChI is InChI=1S/C11H12BrN5O.ClH/c12-7-4-9(15-5-7)10(18)14-3-1-2-8-6-16-11(13)17-8;/h1,3-6,15H,2H2,(H,14,18)(H3,13,16,17);1H. The van der Waals surface area contributed by atoms with Gasteiger partial charge in [-0.1, -0.05) is 6.08 Å². The number of nitrogens with zero attached hydrogens (tertiary/aromatic N) is 1. The Kier molecular flexibility index (Phi) is 5.65. The topological polar surface area (TPSA) is 99.6 Å². The molecule has 102 valence electrons. The van der Waals surface area contributed by atoms with E-state index in [1.165, 1.54) is 0 Å². The van der Waals surface area contributed by atoms with E-state index in [1.807, 2.05) is 6.08 Å². The van der Waals surface area contributed by atoms with Crippen LogP contribution < -0.4 is 11.1 Å². The van der Waals surface area contributed by atoms with Crippen molar-refractivity contribution in [2.75, 3.05) is 5.73 Å². The summed E-state index contributed by atoms with van der Waals surface area (Å²) in [6.45, 7) is 0. The maximum atomic E-state index is 11.6. The fraction of sp³-hybridized carbons (Fsp3) is 0.0909. The van der Waals surface area contributed by atoms with E-state index < -0.39 is 0 Å². The monoisotopic (exact) mass is 345 g/mol. The van der Waals surface area contributed by atoms with Crippen LogP contribution in [0.3, 0.4) is 0 Å². The smallest absolute Gasteiger partial charge is 0.271 e. The molecule has 0 spiro atoms. The maximum absolute atomic E-state index is 11.6. The Morgan fingerprint density at radius 1 is 1.58 bits per heavy atom. The van der Waals surface area contributed by atoms with Crippen LogP contribution in [0, 0.1) is 0 Å². The number of nitrogen functional groups attached to an aromatic ring is 1. The number of hydrogen-bond acceptors (Lipinski definition) is 3. The van der Waals surface area contributed by atoms with Crippen LogP contribution in [0.1, 0.15) is 16.2 Å². The first-order valence-electron chi connectivity index (χ1n) is 5.24. The van der Waals surface area contributed by atoms with Gasteiger partial charge in [0.25, 0.3) is 5.91 Å². The fourth-order valence-electron chi connectivity index (χ4n) is 1.38. The molecule has 2 heterocycles. The van der Waals surface area contributed by atoms with E-state index in [2.05, 4.69) is 36.2 Å². The molecule has 0 aliphatic heterocycles. The molecule has 0 unspecified atom stereocenters. The minimum atomic E-state index is -0.193. The highest BCUT2D eigenvalue weighted by atomic mass is 79.9. The molecule has 6 nitrogen and oxygen atoms in total. The summed E-state index contributed by atoms with van der Waals surface area (Å²) in [5.41, 5.74) is 6.83. The number of rotatable bonds is 4. The van der Waals surface area contributed by atoms with Gasteiger partial charge in [-0.25, -0.2) is 4.98 Å². The second-order valence-corrected chi connectivity index (χ2v) is 4.52. The molecule has 19 heavy (non-hydrogen) atoms. The van der Waals surface area contributed by atoms with Gasteiger partial charge in [0.15, 0.2) is 5.95 Å². The third-order valence-electron chi connectivity index (χ3n) is 2.21. The van der Waals surface area contributed by atoms with Crippen LogP contribution in [0.5, 0.6) is 0 Å². The summed E-state index contributed by atoms with van der Waals surface area (Å²) >= 11 is 3.26. The van der Waals surface area contributed by atoms with Gasteiger partial charge in [-0.05, 0) is 22.0 Å². The normalized spacial score (nSPS) is 10.4. The molecule has 0 radical (unpaired) electrons. The van der Waals surface area contributed by atoms with Gasteiger partial charge >= 0.3 is 0 Å². The number of imidazole rings is 1. The predicted octanol–water partition coefficient (Wildman–Crippen LogP) is 1.99. The number of carbonyl (C=O) groups excluding carboxylic acids is 1. The number of anilines is 1. The Labute approximate surface area is 124 Å². The molecule has 0 fully saturated rings.